The van der Waals surface area contributed by atoms with Gasteiger partial charge in [0.05, 0.1) is 35.3 Å². The van der Waals surface area contributed by atoms with E-state index in [1.54, 1.807) is 36.3 Å². The van der Waals surface area contributed by atoms with Gasteiger partial charge in [0.1, 0.15) is 11.6 Å². The SMILES string of the molecule is COc1cccc(N2C(N)=C(C#N)C(c3ccc(S(N)(=O)=O)cc3)C3=C2CC(C)(C)CC3=O)c1. The number of hydrogen-bond acceptors (Lipinski definition) is 7. The van der Waals surface area contributed by atoms with Gasteiger partial charge in [-0.1, -0.05) is 32.0 Å². The summed E-state index contributed by atoms with van der Waals surface area (Å²) in [6, 6.07) is 15.4. The second-order valence-corrected chi connectivity index (χ2v) is 10.9. The van der Waals surface area contributed by atoms with Gasteiger partial charge in [0, 0.05) is 23.8 Å². The molecule has 0 aromatic heterocycles. The number of nitrogens with zero attached hydrogens (tertiary/aromatic N) is 2. The quantitative estimate of drug-likeness (QED) is 0.687. The highest BCUT2D eigenvalue weighted by molar-refractivity contribution is 7.89. The van der Waals surface area contributed by atoms with Crippen molar-refractivity contribution in [3.63, 3.8) is 0 Å². The van der Waals surface area contributed by atoms with Crippen LogP contribution in [0.2, 0.25) is 0 Å². The number of Topliss-reactive ketones (excluding diaryl/α,β-unsaturated/α-hetero) is 1. The number of anilines is 1. The number of ketones is 1. The Labute approximate surface area is 199 Å². The van der Waals surface area contributed by atoms with Crippen LogP contribution in [0.1, 0.15) is 38.2 Å². The number of hydrogen-bond donors (Lipinski definition) is 2. The summed E-state index contributed by atoms with van der Waals surface area (Å²) >= 11 is 0. The van der Waals surface area contributed by atoms with E-state index in [1.807, 2.05) is 26.0 Å². The molecule has 2 aromatic rings. The van der Waals surface area contributed by atoms with Crippen LogP contribution in [0.25, 0.3) is 0 Å². The average molecular weight is 479 g/mol. The molecular formula is C25H26N4O4S. The topological polar surface area (TPSA) is 140 Å². The molecule has 1 unspecified atom stereocenters. The predicted octanol–water partition coefficient (Wildman–Crippen LogP) is 3.28. The molecule has 34 heavy (non-hydrogen) atoms. The molecule has 1 aliphatic carbocycles. The molecule has 4 N–H and O–H groups in total. The summed E-state index contributed by atoms with van der Waals surface area (Å²) in [5.74, 6) is 0.0634. The van der Waals surface area contributed by atoms with Gasteiger partial charge in [-0.15, -0.1) is 0 Å². The number of carbonyl (C=O) groups is 1. The maximum Gasteiger partial charge on any atom is 0.238 e. The van der Waals surface area contributed by atoms with Gasteiger partial charge in [0.15, 0.2) is 5.78 Å². The number of benzene rings is 2. The Morgan fingerprint density at radius 1 is 1.15 bits per heavy atom. The second-order valence-electron chi connectivity index (χ2n) is 9.30. The van der Waals surface area contributed by atoms with Crippen LogP contribution in [0, 0.1) is 16.7 Å². The molecule has 0 spiro atoms. The molecule has 0 saturated carbocycles. The molecule has 0 saturated heterocycles. The zero-order chi connectivity index (χ0) is 24.8. The van der Waals surface area contributed by atoms with Crippen LogP contribution in [0.4, 0.5) is 5.69 Å². The van der Waals surface area contributed by atoms with Crippen LogP contribution >= 0.6 is 0 Å². The molecule has 0 fully saturated rings. The van der Waals surface area contributed by atoms with Crippen LogP contribution in [0.15, 0.2) is 76.1 Å². The summed E-state index contributed by atoms with van der Waals surface area (Å²) < 4.78 is 28.8. The number of methoxy groups -OCH3 is 1. The van der Waals surface area contributed by atoms with Crippen LogP contribution < -0.4 is 20.5 Å². The number of allylic oxidation sites excluding steroid dienone is 3. The highest BCUT2D eigenvalue weighted by atomic mass is 32.2. The highest BCUT2D eigenvalue weighted by Gasteiger charge is 2.44. The van der Waals surface area contributed by atoms with Crippen molar-refractivity contribution in [2.75, 3.05) is 12.0 Å². The Morgan fingerprint density at radius 3 is 2.41 bits per heavy atom. The van der Waals surface area contributed by atoms with Gasteiger partial charge in [-0.05, 0) is 41.7 Å². The molecule has 0 radical (unpaired) electrons. The van der Waals surface area contributed by atoms with Crippen molar-refractivity contribution >= 4 is 21.5 Å². The third kappa shape index (κ3) is 4.06. The van der Waals surface area contributed by atoms with E-state index in [9.17, 15) is 18.5 Å². The minimum absolute atomic E-state index is 0.0502. The first kappa shape index (κ1) is 23.5. The Balaban J connectivity index is 1.97. The number of primary sulfonamides is 1. The lowest BCUT2D eigenvalue weighted by molar-refractivity contribution is -0.118. The van der Waals surface area contributed by atoms with Gasteiger partial charge >= 0.3 is 0 Å². The van der Waals surface area contributed by atoms with Gasteiger partial charge < -0.3 is 10.5 Å². The van der Waals surface area contributed by atoms with E-state index in [4.69, 9.17) is 15.6 Å². The van der Waals surface area contributed by atoms with Gasteiger partial charge in [0.2, 0.25) is 10.0 Å². The predicted molar refractivity (Wildman–Crippen MR) is 128 cm³/mol. The van der Waals surface area contributed by atoms with Crippen molar-refractivity contribution in [1.29, 1.82) is 5.26 Å². The lowest BCUT2D eigenvalue weighted by Crippen LogP contribution is -2.42. The summed E-state index contributed by atoms with van der Waals surface area (Å²) in [5, 5.41) is 15.4. The molecule has 9 heteroatoms. The number of nitrogens with two attached hydrogens (primary N) is 2. The molecule has 2 aliphatic rings. The zero-order valence-corrected chi connectivity index (χ0v) is 20.0. The average Bonchev–Trinajstić information content (AvgIpc) is 2.77. The van der Waals surface area contributed by atoms with Gasteiger partial charge in [-0.25, -0.2) is 13.6 Å². The van der Waals surface area contributed by atoms with Gasteiger partial charge in [-0.3, -0.25) is 9.69 Å². The standard InChI is InChI=1S/C25H26N4O4S/c1-25(2)12-20-23(21(30)13-25)22(15-7-9-18(10-8-15)34(28,31)32)19(14-26)24(27)29(20)16-5-4-6-17(11-16)33-3/h4-11,22H,12-13,27H2,1-3H3,(H2,28,31,32). The third-order valence-electron chi connectivity index (χ3n) is 6.23. The fourth-order valence-electron chi connectivity index (χ4n) is 4.74. The largest absolute Gasteiger partial charge is 0.497 e. The van der Waals surface area contributed by atoms with Crippen LogP contribution in [-0.4, -0.2) is 21.3 Å². The Morgan fingerprint density at radius 2 is 1.82 bits per heavy atom. The molecule has 176 valence electrons. The lowest BCUT2D eigenvalue weighted by Gasteiger charge is -2.43. The number of carbonyl (C=O) groups excluding carboxylic acids is 1. The maximum atomic E-state index is 13.5. The van der Waals surface area contributed by atoms with Crippen molar-refractivity contribution in [3.05, 3.63) is 76.8 Å². The zero-order valence-electron chi connectivity index (χ0n) is 19.2. The van der Waals surface area contributed by atoms with E-state index in [0.717, 1.165) is 5.70 Å². The number of rotatable bonds is 4. The van der Waals surface area contributed by atoms with E-state index >= 15 is 0 Å². The first-order chi connectivity index (χ1) is 16.0. The highest BCUT2D eigenvalue weighted by Crippen LogP contribution is 2.50. The first-order valence-electron chi connectivity index (χ1n) is 10.7. The normalized spacial score (nSPS) is 20.1. The third-order valence-corrected chi connectivity index (χ3v) is 7.16. The van der Waals surface area contributed by atoms with Gasteiger partial charge in [-0.2, -0.15) is 5.26 Å². The van der Waals surface area contributed by atoms with Crippen molar-refractivity contribution < 1.29 is 17.9 Å². The number of ether oxygens (including phenoxy) is 1. The molecular weight excluding hydrogens is 452 g/mol. The van der Waals surface area contributed by atoms with E-state index < -0.39 is 15.9 Å². The minimum Gasteiger partial charge on any atom is -0.497 e. The Hall–Kier alpha value is -3.61. The second kappa shape index (κ2) is 8.31. The molecule has 0 amide bonds. The fourth-order valence-corrected chi connectivity index (χ4v) is 5.25. The van der Waals surface area contributed by atoms with E-state index in [-0.39, 0.29) is 27.5 Å². The molecule has 1 atom stereocenters. The van der Waals surface area contributed by atoms with Gasteiger partial charge in [0.25, 0.3) is 0 Å². The minimum atomic E-state index is -3.88. The fraction of sp³-hybridized carbons (Fsp3) is 0.280. The summed E-state index contributed by atoms with van der Waals surface area (Å²) in [5.41, 5.74) is 9.03. The van der Waals surface area contributed by atoms with E-state index in [0.29, 0.717) is 35.4 Å². The smallest absolute Gasteiger partial charge is 0.238 e. The van der Waals surface area contributed by atoms with E-state index in [1.165, 1.54) is 12.1 Å². The van der Waals surface area contributed by atoms with E-state index in [2.05, 4.69) is 6.07 Å². The number of nitriles is 1. The van der Waals surface area contributed by atoms with Crippen molar-refractivity contribution in [2.45, 2.75) is 37.5 Å². The first-order valence-corrected chi connectivity index (χ1v) is 12.2. The lowest BCUT2D eigenvalue weighted by atomic mass is 9.68. The molecule has 2 aromatic carbocycles. The van der Waals surface area contributed by atoms with Crippen LogP contribution in [0.5, 0.6) is 5.75 Å². The molecule has 4 rings (SSSR count). The molecule has 0 bridgehead atoms. The Bertz CT molecular complexity index is 1380. The molecule has 1 aliphatic heterocycles. The van der Waals surface area contributed by atoms with Crippen LogP contribution in [0.3, 0.4) is 0 Å². The van der Waals surface area contributed by atoms with Crippen molar-refractivity contribution in [2.24, 2.45) is 16.3 Å². The van der Waals surface area contributed by atoms with Crippen molar-refractivity contribution in [3.8, 4) is 11.8 Å². The summed E-state index contributed by atoms with van der Waals surface area (Å²) in [7, 11) is -2.32. The Kier molecular flexibility index (Phi) is 5.75. The monoisotopic (exact) mass is 478 g/mol. The summed E-state index contributed by atoms with van der Waals surface area (Å²) in [4.78, 5) is 15.2. The summed E-state index contributed by atoms with van der Waals surface area (Å²) in [6.45, 7) is 4.04. The van der Waals surface area contributed by atoms with Crippen LogP contribution in [-0.2, 0) is 14.8 Å². The summed E-state index contributed by atoms with van der Waals surface area (Å²) in [6.07, 6.45) is 0.888. The van der Waals surface area contributed by atoms with Crippen molar-refractivity contribution in [1.82, 2.24) is 0 Å². The number of sulfonamides is 1. The molecule has 8 nitrogen and oxygen atoms in total. The molecule has 1 heterocycles. The maximum absolute atomic E-state index is 13.5.